The number of anilines is 1. The van der Waals surface area contributed by atoms with Gasteiger partial charge in [-0.15, -0.1) is 11.3 Å². The zero-order chi connectivity index (χ0) is 20.0. The molecule has 2 aliphatic rings. The number of hydrogen-bond donors (Lipinski definition) is 3. The number of rotatable bonds is 5. The molecule has 2 aliphatic carbocycles. The normalized spacial score (nSPS) is 15.9. The van der Waals surface area contributed by atoms with Crippen LogP contribution in [0.4, 0.5) is 10.5 Å². The quantitative estimate of drug-likeness (QED) is 0.590. The van der Waals surface area contributed by atoms with Crippen LogP contribution < -0.4 is 10.6 Å². The van der Waals surface area contributed by atoms with Crippen molar-refractivity contribution in [2.45, 2.75) is 37.6 Å². The summed E-state index contributed by atoms with van der Waals surface area (Å²) in [7, 11) is 0. The minimum atomic E-state index is -0.218. The number of carbonyl (C=O) groups excluding carboxylic acids is 2. The highest BCUT2D eigenvalue weighted by molar-refractivity contribution is 7.12. The molecule has 8 heteroatoms. The van der Waals surface area contributed by atoms with Crippen LogP contribution in [0.1, 0.15) is 47.0 Å². The molecule has 3 aromatic rings. The maximum atomic E-state index is 12.5. The van der Waals surface area contributed by atoms with Gasteiger partial charge in [-0.05, 0) is 55.3 Å². The Balaban J connectivity index is 1.40. The number of phenols is 1. The Morgan fingerprint density at radius 1 is 1.14 bits per heavy atom. The van der Waals surface area contributed by atoms with Crippen molar-refractivity contribution in [3.05, 3.63) is 52.3 Å². The molecule has 0 aliphatic heterocycles. The summed E-state index contributed by atoms with van der Waals surface area (Å²) in [6.45, 7) is 0. The van der Waals surface area contributed by atoms with Crippen molar-refractivity contribution in [3.63, 3.8) is 0 Å². The van der Waals surface area contributed by atoms with E-state index in [1.165, 1.54) is 22.1 Å². The highest BCUT2D eigenvalue weighted by atomic mass is 32.1. The molecule has 0 bridgehead atoms. The lowest BCUT2D eigenvalue weighted by atomic mass is 10.1. The molecule has 2 aromatic heterocycles. The van der Waals surface area contributed by atoms with Crippen LogP contribution in [0.25, 0.3) is 11.3 Å². The van der Waals surface area contributed by atoms with E-state index in [4.69, 9.17) is 0 Å². The third-order valence-corrected chi connectivity index (χ3v) is 5.98. The maximum absolute atomic E-state index is 12.5. The standard InChI is InChI=1S/C21H20N4O3S/c26-18-10-14(22-20(27)19-2-1-9-29-19)7-8-15(18)16-11-17(12-3-4-12)25(24-16)21(28)23-13-5-6-13/h1-2,7-13,26H,3-6H2,(H,22,27)(H,23,28). The van der Waals surface area contributed by atoms with E-state index < -0.39 is 0 Å². The van der Waals surface area contributed by atoms with Crippen molar-refractivity contribution in [2.24, 2.45) is 0 Å². The van der Waals surface area contributed by atoms with Gasteiger partial charge in [-0.25, -0.2) is 4.79 Å². The average molecular weight is 408 g/mol. The Kier molecular flexibility index (Phi) is 4.35. The van der Waals surface area contributed by atoms with Crippen LogP contribution in [0.2, 0.25) is 0 Å². The zero-order valence-electron chi connectivity index (χ0n) is 15.6. The van der Waals surface area contributed by atoms with E-state index in [0.29, 0.717) is 27.7 Å². The number of amides is 2. The first-order valence-corrected chi connectivity index (χ1v) is 10.6. The van der Waals surface area contributed by atoms with Crippen molar-refractivity contribution in [1.82, 2.24) is 15.1 Å². The van der Waals surface area contributed by atoms with Gasteiger partial charge in [0, 0.05) is 29.3 Å². The molecule has 0 saturated heterocycles. The second-order valence-corrected chi connectivity index (χ2v) is 8.48. The fraction of sp³-hybridized carbons (Fsp3) is 0.286. The molecule has 0 atom stereocenters. The molecule has 3 N–H and O–H groups in total. The first-order valence-electron chi connectivity index (χ1n) is 9.67. The van der Waals surface area contributed by atoms with Crippen LogP contribution >= 0.6 is 11.3 Å². The van der Waals surface area contributed by atoms with Gasteiger partial charge >= 0.3 is 6.03 Å². The molecule has 0 unspecified atom stereocenters. The van der Waals surface area contributed by atoms with E-state index in [1.807, 2.05) is 17.5 Å². The smallest absolute Gasteiger partial charge is 0.342 e. The monoisotopic (exact) mass is 408 g/mol. The van der Waals surface area contributed by atoms with Gasteiger partial charge in [-0.2, -0.15) is 9.78 Å². The van der Waals surface area contributed by atoms with Crippen LogP contribution in [0.3, 0.4) is 0 Å². The third kappa shape index (κ3) is 3.75. The molecule has 5 rings (SSSR count). The zero-order valence-corrected chi connectivity index (χ0v) is 16.4. The largest absolute Gasteiger partial charge is 0.507 e. The molecule has 148 valence electrons. The summed E-state index contributed by atoms with van der Waals surface area (Å²) in [5, 5.41) is 22.6. The van der Waals surface area contributed by atoms with Gasteiger partial charge in [0.15, 0.2) is 0 Å². The maximum Gasteiger partial charge on any atom is 0.342 e. The van der Waals surface area contributed by atoms with Crippen molar-refractivity contribution in [3.8, 4) is 17.0 Å². The molecule has 2 fully saturated rings. The van der Waals surface area contributed by atoms with E-state index in [2.05, 4.69) is 15.7 Å². The number of hydrogen-bond acceptors (Lipinski definition) is 5. The van der Waals surface area contributed by atoms with Crippen molar-refractivity contribution in [2.75, 3.05) is 5.32 Å². The molecule has 7 nitrogen and oxygen atoms in total. The summed E-state index contributed by atoms with van der Waals surface area (Å²) >= 11 is 1.35. The summed E-state index contributed by atoms with van der Waals surface area (Å²) < 4.78 is 1.44. The number of nitrogens with zero attached hydrogens (tertiary/aromatic N) is 2. The summed E-state index contributed by atoms with van der Waals surface area (Å²) in [4.78, 5) is 25.3. The molecule has 0 radical (unpaired) electrons. The molecule has 0 spiro atoms. The van der Waals surface area contributed by atoms with Crippen LogP contribution in [-0.2, 0) is 0 Å². The molecule has 29 heavy (non-hydrogen) atoms. The van der Waals surface area contributed by atoms with Crippen molar-refractivity contribution < 1.29 is 14.7 Å². The van der Waals surface area contributed by atoms with Crippen LogP contribution in [0.15, 0.2) is 41.8 Å². The molecule has 2 heterocycles. The molecule has 1 aromatic carbocycles. The average Bonchev–Trinajstić information content (AvgIpc) is 3.61. The first-order chi connectivity index (χ1) is 14.1. The van der Waals surface area contributed by atoms with Gasteiger partial charge in [-0.1, -0.05) is 6.07 Å². The molecule has 2 saturated carbocycles. The van der Waals surface area contributed by atoms with E-state index >= 15 is 0 Å². The Hall–Kier alpha value is -3.13. The van der Waals surface area contributed by atoms with E-state index in [1.54, 1.807) is 18.2 Å². The minimum Gasteiger partial charge on any atom is -0.507 e. The second-order valence-electron chi connectivity index (χ2n) is 7.53. The number of carbonyl (C=O) groups is 2. The number of thiophene rings is 1. The second kappa shape index (κ2) is 7.04. The number of phenolic OH excluding ortho intramolecular Hbond substituents is 1. The topological polar surface area (TPSA) is 96.3 Å². The summed E-state index contributed by atoms with van der Waals surface area (Å²) in [5.41, 5.74) is 2.45. The van der Waals surface area contributed by atoms with Gasteiger partial charge < -0.3 is 15.7 Å². The highest BCUT2D eigenvalue weighted by Crippen LogP contribution is 2.42. The number of aromatic nitrogens is 2. The lowest BCUT2D eigenvalue weighted by Gasteiger charge is -2.07. The number of nitrogens with one attached hydrogen (secondary N) is 2. The SMILES string of the molecule is O=C(Nc1ccc(-c2cc(C3CC3)n(C(=O)NC3CC3)n2)c(O)c1)c1cccs1. The summed E-state index contributed by atoms with van der Waals surface area (Å²) in [6.07, 6.45) is 4.11. The Bertz CT molecular complexity index is 1080. The van der Waals surface area contributed by atoms with Crippen molar-refractivity contribution >= 4 is 29.0 Å². The van der Waals surface area contributed by atoms with Gasteiger partial charge in [0.25, 0.3) is 5.91 Å². The molecular weight excluding hydrogens is 388 g/mol. The lowest BCUT2D eigenvalue weighted by Crippen LogP contribution is -2.32. The highest BCUT2D eigenvalue weighted by Gasteiger charge is 2.32. The van der Waals surface area contributed by atoms with E-state index in [9.17, 15) is 14.7 Å². The Morgan fingerprint density at radius 3 is 2.62 bits per heavy atom. The fourth-order valence-corrected chi connectivity index (χ4v) is 3.87. The van der Waals surface area contributed by atoms with Gasteiger partial charge in [0.1, 0.15) is 5.75 Å². The summed E-state index contributed by atoms with van der Waals surface area (Å²) in [5.74, 6) is 0.125. The van der Waals surface area contributed by atoms with E-state index in [-0.39, 0.29) is 23.7 Å². The predicted molar refractivity (Wildman–Crippen MR) is 111 cm³/mol. The lowest BCUT2D eigenvalue weighted by molar-refractivity contribution is 0.103. The Morgan fingerprint density at radius 2 is 1.97 bits per heavy atom. The van der Waals surface area contributed by atoms with E-state index in [0.717, 1.165) is 31.4 Å². The van der Waals surface area contributed by atoms with Crippen molar-refractivity contribution in [1.29, 1.82) is 0 Å². The minimum absolute atomic E-state index is 0.00331. The van der Waals surface area contributed by atoms with Crippen LogP contribution in [0, 0.1) is 0 Å². The van der Waals surface area contributed by atoms with Crippen LogP contribution in [0.5, 0.6) is 5.75 Å². The number of aromatic hydroxyl groups is 1. The van der Waals surface area contributed by atoms with Crippen LogP contribution in [-0.4, -0.2) is 32.9 Å². The Labute approximate surface area is 171 Å². The molecular formula is C21H20N4O3S. The third-order valence-electron chi connectivity index (χ3n) is 5.11. The fourth-order valence-electron chi connectivity index (χ4n) is 3.25. The summed E-state index contributed by atoms with van der Waals surface area (Å²) in [6, 6.07) is 10.4. The first kappa shape index (κ1) is 17.9. The predicted octanol–water partition coefficient (Wildman–Crippen LogP) is 4.17. The molecule has 2 amide bonds. The van der Waals surface area contributed by atoms with Gasteiger partial charge in [0.2, 0.25) is 0 Å². The van der Waals surface area contributed by atoms with Gasteiger partial charge in [0.05, 0.1) is 16.3 Å². The number of benzene rings is 1. The van der Waals surface area contributed by atoms with Gasteiger partial charge in [-0.3, -0.25) is 4.79 Å².